The molecule has 0 saturated carbocycles. The van der Waals surface area contributed by atoms with E-state index in [1.807, 2.05) is 12.2 Å². The van der Waals surface area contributed by atoms with Crippen LogP contribution in [0.1, 0.15) is 63.9 Å². The highest BCUT2D eigenvalue weighted by molar-refractivity contribution is 6.03. The van der Waals surface area contributed by atoms with Gasteiger partial charge < -0.3 is 35.0 Å². The maximum Gasteiger partial charge on any atom is 0.174 e. The third-order valence-electron chi connectivity index (χ3n) is 7.67. The standard InChI is InChI=1S/C35H34O8/c1-42-32-20-29(40)33(35-34(32)30(41)19-31(43-35)23-9-16-27(38)17-10-23)24(8-2-21-3-11-25(36)12-4-21)18-28(39)15-7-22-5-13-26(37)14-6-22/h2-6,8-14,16-17,20,24,28,31,36-40H,7,15,18-19H2,1H3/b8-2+/t24-,28-,31+/m0/s1. The van der Waals surface area contributed by atoms with Gasteiger partial charge >= 0.3 is 0 Å². The Balaban J connectivity index is 1.53. The molecular weight excluding hydrogens is 548 g/mol. The zero-order chi connectivity index (χ0) is 30.5. The molecule has 0 amide bonds. The quantitative estimate of drug-likeness (QED) is 0.145. The Morgan fingerprint density at radius 1 is 0.907 bits per heavy atom. The molecule has 5 rings (SSSR count). The molecule has 4 aromatic rings. The van der Waals surface area contributed by atoms with Crippen LogP contribution < -0.4 is 9.47 Å². The summed E-state index contributed by atoms with van der Waals surface area (Å²) in [5.74, 6) is -0.151. The van der Waals surface area contributed by atoms with Crippen LogP contribution in [-0.4, -0.2) is 44.5 Å². The number of aliphatic hydroxyl groups excluding tert-OH is 1. The summed E-state index contributed by atoms with van der Waals surface area (Å²) in [4.78, 5) is 13.5. The molecule has 0 fully saturated rings. The lowest BCUT2D eigenvalue weighted by Gasteiger charge is -2.31. The zero-order valence-corrected chi connectivity index (χ0v) is 23.7. The predicted molar refractivity (Wildman–Crippen MR) is 162 cm³/mol. The summed E-state index contributed by atoms with van der Waals surface area (Å²) in [5.41, 5.74) is 3.03. The molecule has 1 aliphatic rings. The summed E-state index contributed by atoms with van der Waals surface area (Å²) in [6.07, 6.45) is 3.47. The van der Waals surface area contributed by atoms with Crippen molar-refractivity contribution in [1.82, 2.24) is 0 Å². The maximum absolute atomic E-state index is 13.5. The van der Waals surface area contributed by atoms with E-state index in [1.54, 1.807) is 60.7 Å². The number of aryl methyl sites for hydroxylation is 1. The van der Waals surface area contributed by atoms with Gasteiger partial charge in [-0.1, -0.05) is 48.6 Å². The number of phenolic OH excluding ortho intramolecular Hbond substituents is 4. The van der Waals surface area contributed by atoms with Gasteiger partial charge in [0.2, 0.25) is 0 Å². The number of ether oxygens (including phenoxy) is 2. The van der Waals surface area contributed by atoms with Crippen molar-refractivity contribution in [1.29, 1.82) is 0 Å². The topological polar surface area (TPSA) is 137 Å². The van der Waals surface area contributed by atoms with Crippen LogP contribution in [0.15, 0.2) is 84.9 Å². The Hall–Kier alpha value is -4.95. The fraction of sp³-hybridized carbons (Fsp3) is 0.229. The number of hydrogen-bond acceptors (Lipinski definition) is 8. The van der Waals surface area contributed by atoms with Gasteiger partial charge in [-0.2, -0.15) is 0 Å². The number of methoxy groups -OCH3 is 1. The van der Waals surface area contributed by atoms with Gasteiger partial charge in [-0.3, -0.25) is 4.79 Å². The first-order valence-electron chi connectivity index (χ1n) is 14.1. The van der Waals surface area contributed by atoms with E-state index in [4.69, 9.17) is 9.47 Å². The van der Waals surface area contributed by atoms with Crippen molar-refractivity contribution >= 4 is 11.9 Å². The number of allylic oxidation sites excluding steroid dienone is 1. The van der Waals surface area contributed by atoms with E-state index in [-0.39, 0.29) is 58.7 Å². The van der Waals surface area contributed by atoms with Crippen LogP contribution in [0.4, 0.5) is 0 Å². The van der Waals surface area contributed by atoms with Gasteiger partial charge in [0.05, 0.1) is 19.6 Å². The predicted octanol–water partition coefficient (Wildman–Crippen LogP) is 6.40. The van der Waals surface area contributed by atoms with Crippen LogP contribution in [0.5, 0.6) is 34.5 Å². The minimum Gasteiger partial charge on any atom is -0.508 e. The lowest BCUT2D eigenvalue weighted by Crippen LogP contribution is -2.23. The normalized spacial score (nSPS) is 16.0. The van der Waals surface area contributed by atoms with E-state index in [9.17, 15) is 30.3 Å². The highest BCUT2D eigenvalue weighted by Crippen LogP contribution is 2.49. The molecule has 222 valence electrons. The van der Waals surface area contributed by atoms with E-state index in [1.165, 1.54) is 25.3 Å². The van der Waals surface area contributed by atoms with Crippen LogP contribution in [0.2, 0.25) is 0 Å². The molecule has 3 atom stereocenters. The van der Waals surface area contributed by atoms with Crippen LogP contribution in [0.25, 0.3) is 6.08 Å². The average Bonchev–Trinajstić information content (AvgIpc) is 2.99. The number of ketones is 1. The van der Waals surface area contributed by atoms with Crippen molar-refractivity contribution in [2.75, 3.05) is 7.11 Å². The molecular formula is C35H34O8. The Morgan fingerprint density at radius 3 is 2.14 bits per heavy atom. The molecule has 0 aromatic heterocycles. The molecule has 4 aromatic carbocycles. The highest BCUT2D eigenvalue weighted by Gasteiger charge is 2.36. The largest absolute Gasteiger partial charge is 0.508 e. The number of carbonyl (C=O) groups is 1. The van der Waals surface area contributed by atoms with Crippen LogP contribution in [0.3, 0.4) is 0 Å². The van der Waals surface area contributed by atoms with Gasteiger partial charge in [0, 0.05) is 17.5 Å². The Kier molecular flexibility index (Phi) is 8.87. The average molecular weight is 583 g/mol. The minimum absolute atomic E-state index is 0.0433. The molecule has 8 nitrogen and oxygen atoms in total. The molecule has 0 aliphatic carbocycles. The molecule has 0 spiro atoms. The number of fused-ring (bicyclic) bond motifs is 1. The first-order chi connectivity index (χ1) is 20.7. The smallest absolute Gasteiger partial charge is 0.174 e. The van der Waals surface area contributed by atoms with Crippen LogP contribution >= 0.6 is 0 Å². The van der Waals surface area contributed by atoms with Gasteiger partial charge in [-0.15, -0.1) is 0 Å². The first-order valence-corrected chi connectivity index (χ1v) is 14.1. The lowest BCUT2D eigenvalue weighted by molar-refractivity contribution is 0.0840. The molecule has 43 heavy (non-hydrogen) atoms. The van der Waals surface area contributed by atoms with Gasteiger partial charge in [0.1, 0.15) is 46.2 Å². The summed E-state index contributed by atoms with van der Waals surface area (Å²) >= 11 is 0. The summed E-state index contributed by atoms with van der Waals surface area (Å²) < 4.78 is 11.9. The number of phenols is 4. The summed E-state index contributed by atoms with van der Waals surface area (Å²) in [5, 5.41) is 51.5. The number of hydrogen-bond donors (Lipinski definition) is 5. The van der Waals surface area contributed by atoms with Crippen molar-refractivity contribution in [3.63, 3.8) is 0 Å². The van der Waals surface area contributed by atoms with Crippen LogP contribution in [-0.2, 0) is 6.42 Å². The zero-order valence-electron chi connectivity index (χ0n) is 23.7. The Bertz CT molecular complexity index is 1590. The van der Waals surface area contributed by atoms with Crippen LogP contribution in [0, 0.1) is 0 Å². The minimum atomic E-state index is -0.785. The second-order valence-electron chi connectivity index (χ2n) is 10.7. The second kappa shape index (κ2) is 12.9. The number of aliphatic hydroxyl groups is 1. The third-order valence-corrected chi connectivity index (χ3v) is 7.67. The molecule has 0 radical (unpaired) electrons. The van der Waals surface area contributed by atoms with E-state index >= 15 is 0 Å². The number of rotatable bonds is 10. The summed E-state index contributed by atoms with van der Waals surface area (Å²) in [6.45, 7) is 0. The lowest BCUT2D eigenvalue weighted by atomic mass is 9.85. The molecule has 0 saturated heterocycles. The van der Waals surface area contributed by atoms with Crippen molar-refractivity contribution in [3.05, 3.63) is 113 Å². The SMILES string of the molecule is COc1cc(O)c([C@@H](/C=C/c2ccc(O)cc2)C[C@@H](O)CCc2ccc(O)cc2)c2c1C(=O)C[C@H](c1ccc(O)cc1)O2. The Morgan fingerprint density at radius 2 is 1.51 bits per heavy atom. The number of benzene rings is 4. The monoisotopic (exact) mass is 582 g/mol. The summed E-state index contributed by atoms with van der Waals surface area (Å²) in [6, 6.07) is 21.3. The van der Waals surface area contributed by atoms with E-state index in [0.29, 0.717) is 24.0 Å². The van der Waals surface area contributed by atoms with Gasteiger partial charge in [-0.25, -0.2) is 0 Å². The van der Waals surface area contributed by atoms with E-state index < -0.39 is 18.1 Å². The fourth-order valence-electron chi connectivity index (χ4n) is 5.38. The number of carbonyl (C=O) groups excluding carboxylic acids is 1. The first kappa shape index (κ1) is 29.5. The molecule has 8 heteroatoms. The Labute approximate surface area is 249 Å². The third kappa shape index (κ3) is 6.93. The fourth-order valence-corrected chi connectivity index (χ4v) is 5.38. The summed E-state index contributed by atoms with van der Waals surface area (Å²) in [7, 11) is 1.42. The van der Waals surface area contributed by atoms with E-state index in [0.717, 1.165) is 11.1 Å². The van der Waals surface area contributed by atoms with Crippen molar-refractivity contribution in [3.8, 4) is 34.5 Å². The highest BCUT2D eigenvalue weighted by atomic mass is 16.5. The maximum atomic E-state index is 13.5. The van der Waals surface area contributed by atoms with Crippen molar-refractivity contribution in [2.24, 2.45) is 0 Å². The van der Waals surface area contributed by atoms with Gasteiger partial charge in [-0.05, 0) is 72.4 Å². The number of Topliss-reactive ketones (excluding diaryl/α,β-unsaturated/α-hetero) is 1. The number of aromatic hydroxyl groups is 4. The van der Waals surface area contributed by atoms with Gasteiger partial charge in [0.25, 0.3) is 0 Å². The van der Waals surface area contributed by atoms with E-state index in [2.05, 4.69) is 0 Å². The molecule has 0 unspecified atom stereocenters. The van der Waals surface area contributed by atoms with Crippen molar-refractivity contribution in [2.45, 2.75) is 43.8 Å². The molecule has 5 N–H and O–H groups in total. The van der Waals surface area contributed by atoms with Crippen molar-refractivity contribution < 1.29 is 39.8 Å². The molecule has 1 heterocycles. The second-order valence-corrected chi connectivity index (χ2v) is 10.7. The molecule has 1 aliphatic heterocycles. The molecule has 0 bridgehead atoms. The van der Waals surface area contributed by atoms with Gasteiger partial charge in [0.15, 0.2) is 5.78 Å².